The SMILES string of the molecule is CC1CN(Cc2ccc(C(=O)N(CC#N)CC#N)cc2)CC(C)O1. The van der Waals surface area contributed by atoms with Crippen LogP contribution in [0, 0.1) is 22.7 Å². The van der Waals surface area contributed by atoms with Gasteiger partial charge in [-0.3, -0.25) is 9.69 Å². The average Bonchev–Trinajstić information content (AvgIpc) is 2.54. The van der Waals surface area contributed by atoms with Crippen LogP contribution in [-0.4, -0.2) is 54.1 Å². The van der Waals surface area contributed by atoms with Crippen LogP contribution < -0.4 is 0 Å². The molecule has 0 N–H and O–H groups in total. The molecular formula is C18H22N4O2. The van der Waals surface area contributed by atoms with Gasteiger partial charge in [0.1, 0.15) is 13.1 Å². The maximum Gasteiger partial charge on any atom is 0.255 e. The number of ether oxygens (including phenoxy) is 1. The van der Waals surface area contributed by atoms with E-state index < -0.39 is 0 Å². The Morgan fingerprint density at radius 1 is 1.17 bits per heavy atom. The Balaban J connectivity index is 2.01. The van der Waals surface area contributed by atoms with Gasteiger partial charge >= 0.3 is 0 Å². The second-order valence-corrected chi connectivity index (χ2v) is 6.13. The van der Waals surface area contributed by atoms with E-state index in [9.17, 15) is 4.79 Å². The molecule has 1 aromatic carbocycles. The lowest BCUT2D eigenvalue weighted by molar-refractivity contribution is -0.0704. The van der Waals surface area contributed by atoms with E-state index in [1.165, 1.54) is 4.90 Å². The molecule has 1 fully saturated rings. The van der Waals surface area contributed by atoms with Crippen LogP contribution in [0.3, 0.4) is 0 Å². The summed E-state index contributed by atoms with van der Waals surface area (Å²) in [5, 5.41) is 17.5. The molecule has 0 bridgehead atoms. The number of hydrogen-bond donors (Lipinski definition) is 0. The first-order valence-electron chi connectivity index (χ1n) is 8.03. The smallest absolute Gasteiger partial charge is 0.255 e. The Labute approximate surface area is 142 Å². The van der Waals surface area contributed by atoms with Gasteiger partial charge in [0.15, 0.2) is 0 Å². The van der Waals surface area contributed by atoms with Crippen molar-refractivity contribution in [2.24, 2.45) is 0 Å². The summed E-state index contributed by atoms with van der Waals surface area (Å²) in [6, 6.07) is 11.2. The van der Waals surface area contributed by atoms with E-state index in [2.05, 4.69) is 18.7 Å². The number of rotatable bonds is 5. The molecule has 0 aliphatic carbocycles. The first kappa shape index (κ1) is 17.9. The van der Waals surface area contributed by atoms with Crippen LogP contribution in [0.1, 0.15) is 29.8 Å². The van der Waals surface area contributed by atoms with E-state index in [1.54, 1.807) is 12.1 Å². The third kappa shape index (κ3) is 4.79. The van der Waals surface area contributed by atoms with Gasteiger partial charge in [0, 0.05) is 25.2 Å². The average molecular weight is 326 g/mol. The van der Waals surface area contributed by atoms with Crippen LogP contribution in [0.25, 0.3) is 0 Å². The lowest BCUT2D eigenvalue weighted by atomic mass is 10.1. The highest BCUT2D eigenvalue weighted by atomic mass is 16.5. The van der Waals surface area contributed by atoms with E-state index in [-0.39, 0.29) is 31.2 Å². The van der Waals surface area contributed by atoms with Crippen LogP contribution in [0.15, 0.2) is 24.3 Å². The lowest BCUT2D eigenvalue weighted by Gasteiger charge is -2.35. The van der Waals surface area contributed by atoms with E-state index in [0.717, 1.165) is 25.2 Å². The van der Waals surface area contributed by atoms with Crippen molar-refractivity contribution in [2.75, 3.05) is 26.2 Å². The molecule has 1 aliphatic heterocycles. The largest absolute Gasteiger partial charge is 0.373 e. The predicted molar refractivity (Wildman–Crippen MR) is 88.9 cm³/mol. The number of carbonyl (C=O) groups is 1. The van der Waals surface area contributed by atoms with Crippen molar-refractivity contribution < 1.29 is 9.53 Å². The number of carbonyl (C=O) groups excluding carboxylic acids is 1. The van der Waals surface area contributed by atoms with Gasteiger partial charge in [-0.1, -0.05) is 12.1 Å². The Hall–Kier alpha value is -2.41. The van der Waals surface area contributed by atoms with Crippen molar-refractivity contribution >= 4 is 5.91 Å². The van der Waals surface area contributed by atoms with Gasteiger partial charge in [-0.25, -0.2) is 0 Å². The van der Waals surface area contributed by atoms with Crippen LogP contribution in [-0.2, 0) is 11.3 Å². The zero-order valence-electron chi connectivity index (χ0n) is 14.1. The van der Waals surface area contributed by atoms with Gasteiger partial charge in [0.2, 0.25) is 0 Å². The summed E-state index contributed by atoms with van der Waals surface area (Å²) in [6.07, 6.45) is 0.445. The van der Waals surface area contributed by atoms with Gasteiger partial charge < -0.3 is 9.64 Å². The van der Waals surface area contributed by atoms with Gasteiger partial charge in [-0.15, -0.1) is 0 Å². The highest BCUT2D eigenvalue weighted by molar-refractivity contribution is 5.94. The molecule has 0 spiro atoms. The minimum Gasteiger partial charge on any atom is -0.373 e. The minimum atomic E-state index is -0.293. The van der Waals surface area contributed by atoms with Crippen LogP contribution in [0.4, 0.5) is 0 Å². The van der Waals surface area contributed by atoms with Gasteiger partial charge in [-0.2, -0.15) is 10.5 Å². The van der Waals surface area contributed by atoms with Crippen molar-refractivity contribution in [3.05, 3.63) is 35.4 Å². The molecule has 0 aromatic heterocycles. The van der Waals surface area contributed by atoms with Crippen molar-refractivity contribution in [3.63, 3.8) is 0 Å². The molecule has 1 amide bonds. The van der Waals surface area contributed by atoms with E-state index in [1.807, 2.05) is 24.3 Å². The Morgan fingerprint density at radius 3 is 2.21 bits per heavy atom. The summed E-state index contributed by atoms with van der Waals surface area (Å²) >= 11 is 0. The van der Waals surface area contributed by atoms with Crippen LogP contribution >= 0.6 is 0 Å². The number of amides is 1. The molecule has 1 aromatic rings. The molecule has 24 heavy (non-hydrogen) atoms. The third-order valence-electron chi connectivity index (χ3n) is 3.91. The zero-order valence-corrected chi connectivity index (χ0v) is 14.1. The lowest BCUT2D eigenvalue weighted by Crippen LogP contribution is -2.44. The number of nitriles is 2. The summed E-state index contributed by atoms with van der Waals surface area (Å²) in [4.78, 5) is 15.9. The molecular weight excluding hydrogens is 304 g/mol. The summed E-state index contributed by atoms with van der Waals surface area (Å²) in [5.41, 5.74) is 1.62. The molecule has 2 unspecified atom stereocenters. The number of benzene rings is 1. The highest BCUT2D eigenvalue weighted by Gasteiger charge is 2.22. The Kier molecular flexibility index (Phi) is 6.31. The normalized spacial score (nSPS) is 20.8. The Morgan fingerprint density at radius 2 is 1.71 bits per heavy atom. The first-order chi connectivity index (χ1) is 11.5. The summed E-state index contributed by atoms with van der Waals surface area (Å²) < 4.78 is 5.73. The van der Waals surface area contributed by atoms with Crippen LogP contribution in [0.5, 0.6) is 0 Å². The third-order valence-corrected chi connectivity index (χ3v) is 3.91. The van der Waals surface area contributed by atoms with Gasteiger partial charge in [0.05, 0.1) is 24.3 Å². The highest BCUT2D eigenvalue weighted by Crippen LogP contribution is 2.15. The van der Waals surface area contributed by atoms with Crippen molar-refractivity contribution in [1.82, 2.24) is 9.80 Å². The van der Waals surface area contributed by atoms with Crippen molar-refractivity contribution in [2.45, 2.75) is 32.6 Å². The molecule has 1 heterocycles. The molecule has 1 aliphatic rings. The number of morpholine rings is 1. The van der Waals surface area contributed by atoms with Crippen molar-refractivity contribution in [1.29, 1.82) is 10.5 Å². The second kappa shape index (κ2) is 8.44. The Bertz CT molecular complexity index is 618. The van der Waals surface area contributed by atoms with Gasteiger partial charge in [-0.05, 0) is 31.5 Å². The monoisotopic (exact) mass is 326 g/mol. The molecule has 126 valence electrons. The number of nitrogens with zero attached hydrogens (tertiary/aromatic N) is 4. The summed E-state index contributed by atoms with van der Waals surface area (Å²) in [5.74, 6) is -0.293. The van der Waals surface area contributed by atoms with Gasteiger partial charge in [0.25, 0.3) is 5.91 Å². The second-order valence-electron chi connectivity index (χ2n) is 6.13. The zero-order chi connectivity index (χ0) is 17.5. The molecule has 1 saturated heterocycles. The molecule has 2 rings (SSSR count). The maximum absolute atomic E-state index is 12.3. The quantitative estimate of drug-likeness (QED) is 0.771. The fraction of sp³-hybridized carbons (Fsp3) is 0.500. The predicted octanol–water partition coefficient (Wildman–Crippen LogP) is 1.79. The fourth-order valence-electron chi connectivity index (χ4n) is 2.98. The van der Waals surface area contributed by atoms with E-state index >= 15 is 0 Å². The fourth-order valence-corrected chi connectivity index (χ4v) is 2.98. The van der Waals surface area contributed by atoms with Crippen molar-refractivity contribution in [3.8, 4) is 12.1 Å². The molecule has 2 atom stereocenters. The van der Waals surface area contributed by atoms with E-state index in [0.29, 0.717) is 5.56 Å². The molecule has 6 nitrogen and oxygen atoms in total. The topological polar surface area (TPSA) is 80.4 Å². The molecule has 0 radical (unpaired) electrons. The summed E-state index contributed by atoms with van der Waals surface area (Å²) in [7, 11) is 0. The maximum atomic E-state index is 12.3. The molecule has 6 heteroatoms. The summed E-state index contributed by atoms with van der Waals surface area (Å²) in [6.45, 7) is 6.57. The number of hydrogen-bond acceptors (Lipinski definition) is 5. The molecule has 0 saturated carbocycles. The van der Waals surface area contributed by atoms with Crippen LogP contribution in [0.2, 0.25) is 0 Å². The standard InChI is InChI=1S/C18H22N4O2/c1-14-11-21(12-15(2)24-14)13-16-3-5-17(6-4-16)18(23)22(9-7-19)10-8-20/h3-6,14-15H,9-13H2,1-2H3. The first-order valence-corrected chi connectivity index (χ1v) is 8.03. The minimum absolute atomic E-state index is 0.0856. The van der Waals surface area contributed by atoms with E-state index in [4.69, 9.17) is 15.3 Å².